The normalized spacial score (nSPS) is 24.9. The third-order valence-corrected chi connectivity index (χ3v) is 3.72. The molecular formula is C14H12F5NO. The number of fused-ring (bicyclic) bond motifs is 2. The van der Waals surface area contributed by atoms with Gasteiger partial charge in [0, 0.05) is 17.6 Å². The summed E-state index contributed by atoms with van der Waals surface area (Å²) in [5.41, 5.74) is -0.131. The van der Waals surface area contributed by atoms with E-state index in [-0.39, 0.29) is 18.5 Å². The molecule has 2 nitrogen and oxygen atoms in total. The molecule has 1 aromatic rings. The van der Waals surface area contributed by atoms with E-state index in [1.165, 1.54) is 0 Å². The molecule has 1 aromatic carbocycles. The molecule has 7 heteroatoms. The molecule has 1 N–H and O–H groups in total. The molecule has 2 unspecified atom stereocenters. The van der Waals surface area contributed by atoms with Crippen LogP contribution in [0.1, 0.15) is 12.0 Å². The van der Waals surface area contributed by atoms with Crippen molar-refractivity contribution in [3.8, 4) is 0 Å². The maximum absolute atomic E-state index is 13.7. The minimum atomic E-state index is -2.13. The van der Waals surface area contributed by atoms with Gasteiger partial charge < -0.3 is 10.1 Å². The molecule has 3 rings (SSSR count). The van der Waals surface area contributed by atoms with Gasteiger partial charge in [0.05, 0.1) is 13.2 Å². The fraction of sp³-hybridized carbons (Fsp3) is 0.429. The van der Waals surface area contributed by atoms with Gasteiger partial charge in [-0.3, -0.25) is 0 Å². The summed E-state index contributed by atoms with van der Waals surface area (Å²) in [7, 11) is 0. The molecule has 0 spiro atoms. The van der Waals surface area contributed by atoms with Crippen molar-refractivity contribution in [2.45, 2.75) is 24.9 Å². The monoisotopic (exact) mass is 305 g/mol. The van der Waals surface area contributed by atoms with Gasteiger partial charge in [-0.05, 0) is 12.8 Å². The lowest BCUT2D eigenvalue weighted by atomic mass is 9.91. The second-order valence-corrected chi connectivity index (χ2v) is 5.26. The largest absolute Gasteiger partial charge is 0.378 e. The van der Waals surface area contributed by atoms with Crippen LogP contribution in [-0.4, -0.2) is 25.3 Å². The fourth-order valence-corrected chi connectivity index (χ4v) is 2.78. The SMILES string of the molecule is Fc1c(F)c(F)c(CC2=CC3COCC(C2)N3)c(F)c1F. The highest BCUT2D eigenvalue weighted by atomic mass is 19.2. The second-order valence-electron chi connectivity index (χ2n) is 5.26. The number of nitrogens with one attached hydrogen (secondary N) is 1. The summed E-state index contributed by atoms with van der Waals surface area (Å²) in [5, 5.41) is 3.23. The summed E-state index contributed by atoms with van der Waals surface area (Å²) in [5.74, 6) is -9.44. The molecule has 0 amide bonds. The number of hydrogen-bond acceptors (Lipinski definition) is 2. The highest BCUT2D eigenvalue weighted by molar-refractivity contribution is 5.30. The number of hydrogen-bond donors (Lipinski definition) is 1. The molecule has 2 aliphatic rings. The standard InChI is InChI=1S/C14H12F5NO/c15-10-9(11(16)13(18)14(19)12(10)17)3-6-1-7-4-21-5-8(2-6)20-7/h1,7-8,20H,2-5H2. The molecule has 114 valence electrons. The van der Waals surface area contributed by atoms with Crippen molar-refractivity contribution in [1.29, 1.82) is 0 Å². The van der Waals surface area contributed by atoms with Crippen molar-refractivity contribution in [2.24, 2.45) is 0 Å². The Hall–Kier alpha value is -1.47. The van der Waals surface area contributed by atoms with Crippen LogP contribution in [0.2, 0.25) is 0 Å². The average Bonchev–Trinajstić information content (AvgIpc) is 2.47. The maximum atomic E-state index is 13.7. The highest BCUT2D eigenvalue weighted by Crippen LogP contribution is 2.28. The zero-order valence-corrected chi connectivity index (χ0v) is 10.9. The molecule has 0 saturated carbocycles. The molecular weight excluding hydrogens is 293 g/mol. The average molecular weight is 305 g/mol. The van der Waals surface area contributed by atoms with Gasteiger partial charge in [0.2, 0.25) is 5.82 Å². The molecule has 1 fully saturated rings. The third-order valence-electron chi connectivity index (χ3n) is 3.72. The zero-order chi connectivity index (χ0) is 15.1. The molecule has 2 heterocycles. The van der Waals surface area contributed by atoms with Crippen LogP contribution < -0.4 is 5.32 Å². The van der Waals surface area contributed by atoms with E-state index in [1.54, 1.807) is 6.08 Å². The van der Waals surface area contributed by atoms with Crippen LogP contribution in [0.5, 0.6) is 0 Å². The lowest BCUT2D eigenvalue weighted by molar-refractivity contribution is 0.0527. The van der Waals surface area contributed by atoms with Gasteiger partial charge in [0.15, 0.2) is 23.3 Å². The summed E-state index contributed by atoms with van der Waals surface area (Å²) in [6, 6.07) is -0.0845. The molecule has 2 bridgehead atoms. The summed E-state index contributed by atoms with van der Waals surface area (Å²) >= 11 is 0. The van der Waals surface area contributed by atoms with E-state index in [9.17, 15) is 22.0 Å². The van der Waals surface area contributed by atoms with Gasteiger partial charge in [-0.15, -0.1) is 0 Å². The van der Waals surface area contributed by atoms with E-state index in [0.717, 1.165) is 0 Å². The topological polar surface area (TPSA) is 21.3 Å². The van der Waals surface area contributed by atoms with Crippen LogP contribution in [-0.2, 0) is 11.2 Å². The van der Waals surface area contributed by atoms with Crippen molar-refractivity contribution in [2.75, 3.05) is 13.2 Å². The van der Waals surface area contributed by atoms with Gasteiger partial charge in [-0.2, -0.15) is 0 Å². The maximum Gasteiger partial charge on any atom is 0.200 e. The fourth-order valence-electron chi connectivity index (χ4n) is 2.78. The molecule has 21 heavy (non-hydrogen) atoms. The first kappa shape index (κ1) is 14.5. The first-order valence-corrected chi connectivity index (χ1v) is 6.51. The molecule has 1 saturated heterocycles. The van der Waals surface area contributed by atoms with Gasteiger partial charge in [0.25, 0.3) is 0 Å². The Morgan fingerprint density at radius 2 is 1.57 bits per heavy atom. The van der Waals surface area contributed by atoms with Crippen LogP contribution in [0.15, 0.2) is 11.6 Å². The Bertz CT molecular complexity index is 587. The van der Waals surface area contributed by atoms with E-state index in [1.807, 2.05) is 0 Å². The summed E-state index contributed by atoms with van der Waals surface area (Å²) in [6.07, 6.45) is 1.89. The second kappa shape index (κ2) is 5.38. The van der Waals surface area contributed by atoms with Gasteiger partial charge in [-0.25, -0.2) is 22.0 Å². The van der Waals surface area contributed by atoms with Crippen LogP contribution in [0.25, 0.3) is 0 Å². The van der Waals surface area contributed by atoms with Crippen molar-refractivity contribution in [3.05, 3.63) is 46.3 Å². The van der Waals surface area contributed by atoms with Crippen molar-refractivity contribution >= 4 is 0 Å². The molecule has 2 aliphatic heterocycles. The summed E-state index contributed by atoms with van der Waals surface area (Å²) < 4.78 is 72.0. The predicted octanol–water partition coefficient (Wildman–Crippen LogP) is 2.61. The van der Waals surface area contributed by atoms with E-state index in [0.29, 0.717) is 25.2 Å². The first-order chi connectivity index (χ1) is 9.97. The Morgan fingerprint density at radius 3 is 2.19 bits per heavy atom. The van der Waals surface area contributed by atoms with E-state index < -0.39 is 34.6 Å². The number of benzene rings is 1. The minimum Gasteiger partial charge on any atom is -0.378 e. The van der Waals surface area contributed by atoms with Gasteiger partial charge in [-0.1, -0.05) is 11.6 Å². The lowest BCUT2D eigenvalue weighted by Crippen LogP contribution is -2.50. The molecule has 2 atom stereocenters. The number of morpholine rings is 1. The Balaban J connectivity index is 1.94. The minimum absolute atomic E-state index is 0.00464. The number of ether oxygens (including phenoxy) is 1. The number of rotatable bonds is 2. The highest BCUT2D eigenvalue weighted by Gasteiger charge is 2.29. The smallest absolute Gasteiger partial charge is 0.200 e. The van der Waals surface area contributed by atoms with Gasteiger partial charge in [0.1, 0.15) is 0 Å². The molecule has 0 aromatic heterocycles. The zero-order valence-electron chi connectivity index (χ0n) is 10.9. The van der Waals surface area contributed by atoms with Crippen molar-refractivity contribution in [1.82, 2.24) is 5.32 Å². The predicted molar refractivity (Wildman–Crippen MR) is 64.2 cm³/mol. The third kappa shape index (κ3) is 2.55. The summed E-state index contributed by atoms with van der Waals surface area (Å²) in [4.78, 5) is 0. The first-order valence-electron chi connectivity index (χ1n) is 6.51. The Labute approximate surface area is 117 Å². The van der Waals surface area contributed by atoms with E-state index in [4.69, 9.17) is 4.74 Å². The Morgan fingerprint density at radius 1 is 0.952 bits per heavy atom. The van der Waals surface area contributed by atoms with Crippen molar-refractivity contribution < 1.29 is 26.7 Å². The van der Waals surface area contributed by atoms with Crippen molar-refractivity contribution in [3.63, 3.8) is 0 Å². The van der Waals surface area contributed by atoms with E-state index in [2.05, 4.69) is 5.32 Å². The number of halogens is 5. The summed E-state index contributed by atoms with van der Waals surface area (Å²) in [6.45, 7) is 0.891. The molecule has 0 aliphatic carbocycles. The van der Waals surface area contributed by atoms with Crippen LogP contribution in [0.3, 0.4) is 0 Å². The van der Waals surface area contributed by atoms with Crippen LogP contribution in [0, 0.1) is 29.1 Å². The quantitative estimate of drug-likeness (QED) is 0.392. The van der Waals surface area contributed by atoms with Crippen LogP contribution >= 0.6 is 0 Å². The van der Waals surface area contributed by atoms with Gasteiger partial charge >= 0.3 is 0 Å². The van der Waals surface area contributed by atoms with Crippen LogP contribution in [0.4, 0.5) is 22.0 Å². The Kier molecular flexibility index (Phi) is 3.71. The lowest BCUT2D eigenvalue weighted by Gasteiger charge is -2.35. The van der Waals surface area contributed by atoms with E-state index >= 15 is 0 Å². The molecule has 0 radical (unpaired) electrons.